The van der Waals surface area contributed by atoms with Crippen molar-refractivity contribution in [2.24, 2.45) is 5.73 Å². The van der Waals surface area contributed by atoms with Crippen LogP contribution in [-0.2, 0) is 0 Å². The van der Waals surface area contributed by atoms with Gasteiger partial charge in [0.05, 0.1) is 0 Å². The van der Waals surface area contributed by atoms with Gasteiger partial charge in [0.1, 0.15) is 0 Å². The monoisotopic (exact) mass is 186 g/mol. The molecule has 0 saturated carbocycles. The molecule has 2 N–H and O–H groups in total. The van der Waals surface area contributed by atoms with Crippen LogP contribution in [0.25, 0.3) is 0 Å². The maximum atomic E-state index is 6.18. The minimum Gasteiger partial charge on any atom is -0.326 e. The van der Waals surface area contributed by atoms with Crippen LogP contribution in [0.5, 0.6) is 0 Å². The van der Waals surface area contributed by atoms with Gasteiger partial charge in [-0.25, -0.2) is 0 Å². The van der Waals surface area contributed by atoms with Crippen LogP contribution in [-0.4, -0.2) is 41.6 Å². The number of nitrogens with zero attached hydrogens (tertiary/aromatic N) is 1. The van der Waals surface area contributed by atoms with Gasteiger partial charge in [-0.05, 0) is 44.4 Å². The molecule has 2 fully saturated rings. The van der Waals surface area contributed by atoms with Crippen molar-refractivity contribution in [3.8, 4) is 0 Å². The lowest BCUT2D eigenvalue weighted by molar-refractivity contribution is 0.145. The highest BCUT2D eigenvalue weighted by molar-refractivity contribution is 7.99. The maximum absolute atomic E-state index is 6.18. The number of likely N-dealkylation sites (tertiary alicyclic amines) is 1. The Morgan fingerprint density at radius 2 is 2.08 bits per heavy atom. The van der Waals surface area contributed by atoms with Crippen molar-refractivity contribution < 1.29 is 0 Å². The Hall–Kier alpha value is 0.270. The molecule has 0 aromatic carbocycles. The Morgan fingerprint density at radius 3 is 2.58 bits per heavy atom. The van der Waals surface area contributed by atoms with Gasteiger partial charge in [-0.15, -0.1) is 0 Å². The van der Waals surface area contributed by atoms with Gasteiger partial charge >= 0.3 is 0 Å². The van der Waals surface area contributed by atoms with E-state index >= 15 is 0 Å². The first-order valence-electron chi connectivity index (χ1n) is 4.80. The van der Waals surface area contributed by atoms with Gasteiger partial charge in [0.2, 0.25) is 0 Å². The first-order valence-corrected chi connectivity index (χ1v) is 5.96. The number of rotatable bonds is 0. The normalized spacial score (nSPS) is 36.0. The van der Waals surface area contributed by atoms with E-state index in [1.54, 1.807) is 0 Å². The Kier molecular flexibility index (Phi) is 2.36. The zero-order valence-corrected chi connectivity index (χ0v) is 8.57. The van der Waals surface area contributed by atoms with E-state index in [4.69, 9.17) is 5.73 Å². The zero-order chi connectivity index (χ0) is 8.60. The Labute approximate surface area is 78.9 Å². The number of hydrogen-bond donors (Lipinski definition) is 1. The lowest BCUT2D eigenvalue weighted by Crippen LogP contribution is -2.54. The average Bonchev–Trinajstić information content (AvgIpc) is 2.36. The predicted molar refractivity (Wildman–Crippen MR) is 54.5 cm³/mol. The van der Waals surface area contributed by atoms with Crippen LogP contribution in [0.4, 0.5) is 0 Å². The highest BCUT2D eigenvalue weighted by Crippen LogP contribution is 2.38. The van der Waals surface area contributed by atoms with Crippen molar-refractivity contribution in [2.75, 3.05) is 25.1 Å². The van der Waals surface area contributed by atoms with Gasteiger partial charge in [0.25, 0.3) is 0 Å². The van der Waals surface area contributed by atoms with Crippen LogP contribution in [0.3, 0.4) is 0 Å². The molecule has 2 nitrogen and oxygen atoms in total. The van der Waals surface area contributed by atoms with Gasteiger partial charge < -0.3 is 5.73 Å². The molecular weight excluding hydrogens is 168 g/mol. The molecule has 2 aliphatic heterocycles. The molecule has 0 aliphatic carbocycles. The second-order valence-corrected chi connectivity index (χ2v) is 5.26. The van der Waals surface area contributed by atoms with E-state index in [-0.39, 0.29) is 0 Å². The Morgan fingerprint density at radius 1 is 1.42 bits per heavy atom. The standard InChI is InChI=1S/C9H18N2S/c1-11-5-2-8(10)9(11)3-6-12-7-4-9/h8H,2-7,10H2,1H3. The number of nitrogens with two attached hydrogens (primary N) is 1. The minimum absolute atomic E-state index is 0.380. The van der Waals surface area contributed by atoms with E-state index in [9.17, 15) is 0 Å². The van der Waals surface area contributed by atoms with Gasteiger partial charge in [-0.2, -0.15) is 11.8 Å². The summed E-state index contributed by atoms with van der Waals surface area (Å²) in [5.74, 6) is 2.61. The van der Waals surface area contributed by atoms with E-state index < -0.39 is 0 Å². The summed E-state index contributed by atoms with van der Waals surface area (Å²) >= 11 is 2.08. The van der Waals surface area contributed by atoms with E-state index in [0.29, 0.717) is 11.6 Å². The lowest BCUT2D eigenvalue weighted by atomic mass is 9.86. The van der Waals surface area contributed by atoms with E-state index in [1.165, 1.54) is 37.3 Å². The summed E-state index contributed by atoms with van der Waals surface area (Å²) in [6.07, 6.45) is 3.80. The summed E-state index contributed by atoms with van der Waals surface area (Å²) in [5, 5.41) is 0. The van der Waals surface area contributed by atoms with E-state index in [2.05, 4.69) is 23.7 Å². The molecule has 1 atom stereocenters. The molecule has 1 unspecified atom stereocenters. The number of hydrogen-bond acceptors (Lipinski definition) is 3. The van der Waals surface area contributed by atoms with Crippen LogP contribution < -0.4 is 5.73 Å². The third kappa shape index (κ3) is 1.19. The highest BCUT2D eigenvalue weighted by atomic mass is 32.2. The van der Waals surface area contributed by atoms with Crippen LogP contribution in [0.2, 0.25) is 0 Å². The molecule has 2 heterocycles. The van der Waals surface area contributed by atoms with Crippen molar-refractivity contribution in [2.45, 2.75) is 30.8 Å². The molecule has 2 rings (SSSR count). The second-order valence-electron chi connectivity index (χ2n) is 4.03. The number of likely N-dealkylation sites (N-methyl/N-ethyl adjacent to an activating group) is 1. The third-order valence-electron chi connectivity index (χ3n) is 3.58. The molecule has 1 spiro atoms. The highest BCUT2D eigenvalue weighted by Gasteiger charge is 2.45. The fourth-order valence-corrected chi connectivity index (χ4v) is 3.78. The molecule has 0 aromatic rings. The Bertz CT molecular complexity index is 154. The molecule has 3 heteroatoms. The second kappa shape index (κ2) is 3.20. The van der Waals surface area contributed by atoms with Crippen molar-refractivity contribution >= 4 is 11.8 Å². The SMILES string of the molecule is CN1CCC(N)C12CCSCC2. The van der Waals surface area contributed by atoms with Crippen LogP contribution in [0.15, 0.2) is 0 Å². The van der Waals surface area contributed by atoms with Crippen LogP contribution in [0.1, 0.15) is 19.3 Å². The smallest absolute Gasteiger partial charge is 0.0373 e. The van der Waals surface area contributed by atoms with Crippen LogP contribution in [0, 0.1) is 0 Å². The molecule has 2 aliphatic rings. The van der Waals surface area contributed by atoms with Crippen molar-refractivity contribution in [3.63, 3.8) is 0 Å². The summed E-state index contributed by atoms with van der Waals surface area (Å²) in [6.45, 7) is 1.20. The zero-order valence-electron chi connectivity index (χ0n) is 7.75. The molecule has 0 aromatic heterocycles. The first-order chi connectivity index (χ1) is 5.76. The Balaban J connectivity index is 2.14. The maximum Gasteiger partial charge on any atom is 0.0373 e. The van der Waals surface area contributed by atoms with Gasteiger partial charge in [-0.1, -0.05) is 0 Å². The third-order valence-corrected chi connectivity index (χ3v) is 4.57. The van der Waals surface area contributed by atoms with E-state index in [0.717, 1.165) is 0 Å². The van der Waals surface area contributed by atoms with Crippen molar-refractivity contribution in [1.82, 2.24) is 4.90 Å². The fourth-order valence-electron chi connectivity index (χ4n) is 2.58. The molecule has 70 valence electrons. The van der Waals surface area contributed by atoms with Crippen molar-refractivity contribution in [3.05, 3.63) is 0 Å². The van der Waals surface area contributed by atoms with Crippen LogP contribution >= 0.6 is 11.8 Å². The summed E-state index contributed by atoms with van der Waals surface area (Å²) < 4.78 is 0. The topological polar surface area (TPSA) is 29.3 Å². The molecule has 12 heavy (non-hydrogen) atoms. The minimum atomic E-state index is 0.380. The van der Waals surface area contributed by atoms with Gasteiger partial charge in [-0.3, -0.25) is 4.90 Å². The largest absolute Gasteiger partial charge is 0.326 e. The summed E-state index contributed by atoms with van der Waals surface area (Å²) in [5.41, 5.74) is 6.56. The molecule has 2 saturated heterocycles. The van der Waals surface area contributed by atoms with E-state index in [1.807, 2.05) is 0 Å². The number of thioether (sulfide) groups is 1. The lowest BCUT2D eigenvalue weighted by Gasteiger charge is -2.42. The quantitative estimate of drug-likeness (QED) is 0.610. The molecule has 0 radical (unpaired) electrons. The molecule has 0 bridgehead atoms. The molecular formula is C9H18N2S. The molecule has 0 amide bonds. The fraction of sp³-hybridized carbons (Fsp3) is 1.00. The van der Waals surface area contributed by atoms with Gasteiger partial charge in [0, 0.05) is 11.6 Å². The summed E-state index contributed by atoms with van der Waals surface area (Å²) in [6, 6.07) is 0.434. The predicted octanol–water partition coefficient (Wildman–Crippen LogP) is 0.915. The summed E-state index contributed by atoms with van der Waals surface area (Å²) in [7, 11) is 2.24. The average molecular weight is 186 g/mol. The first kappa shape index (κ1) is 8.85. The van der Waals surface area contributed by atoms with Gasteiger partial charge in [0.15, 0.2) is 0 Å². The van der Waals surface area contributed by atoms with Crippen molar-refractivity contribution in [1.29, 1.82) is 0 Å². The summed E-state index contributed by atoms with van der Waals surface area (Å²) in [4.78, 5) is 2.50.